The lowest BCUT2D eigenvalue weighted by atomic mass is 10.0. The Morgan fingerprint density at radius 1 is 1.35 bits per heavy atom. The summed E-state index contributed by atoms with van der Waals surface area (Å²) < 4.78 is 7.91. The van der Waals surface area contributed by atoms with Crippen molar-refractivity contribution in [1.29, 1.82) is 0 Å². The molecule has 2 aromatic rings. The molecule has 26 heavy (non-hydrogen) atoms. The van der Waals surface area contributed by atoms with Crippen LogP contribution in [0.25, 0.3) is 0 Å². The predicted octanol–water partition coefficient (Wildman–Crippen LogP) is 1.78. The fourth-order valence-corrected chi connectivity index (χ4v) is 3.72. The first-order valence-corrected chi connectivity index (χ1v) is 9.31. The van der Waals surface area contributed by atoms with Crippen LogP contribution in [0.2, 0.25) is 5.02 Å². The Morgan fingerprint density at radius 2 is 2.19 bits per heavy atom. The van der Waals surface area contributed by atoms with Crippen LogP contribution in [0.5, 0.6) is 0 Å². The highest BCUT2D eigenvalue weighted by atomic mass is 35.5. The third-order valence-corrected chi connectivity index (χ3v) is 5.32. The molecule has 2 atom stereocenters. The van der Waals surface area contributed by atoms with Gasteiger partial charge >= 0.3 is 0 Å². The Morgan fingerprint density at radius 3 is 3.04 bits per heavy atom. The van der Waals surface area contributed by atoms with Gasteiger partial charge in [-0.25, -0.2) is 4.68 Å². The van der Waals surface area contributed by atoms with Gasteiger partial charge in [-0.15, -0.1) is 5.10 Å². The number of nitrogens with one attached hydrogen (secondary N) is 1. The van der Waals surface area contributed by atoms with Crippen molar-refractivity contribution in [3.8, 4) is 0 Å². The van der Waals surface area contributed by atoms with E-state index in [1.54, 1.807) is 6.20 Å². The van der Waals surface area contributed by atoms with Gasteiger partial charge in [0.05, 0.1) is 30.6 Å². The molecule has 4 rings (SSSR count). The summed E-state index contributed by atoms with van der Waals surface area (Å²) in [6.07, 6.45) is 3.39. The molecule has 2 aliphatic rings. The highest BCUT2D eigenvalue weighted by Crippen LogP contribution is 2.29. The molecule has 0 aliphatic carbocycles. The summed E-state index contributed by atoms with van der Waals surface area (Å²) in [6, 6.07) is 7.70. The van der Waals surface area contributed by atoms with Gasteiger partial charge in [0.1, 0.15) is 0 Å². The number of piperidine rings is 1. The third-order valence-electron chi connectivity index (χ3n) is 5.07. The lowest BCUT2D eigenvalue weighted by molar-refractivity contribution is -0.122. The summed E-state index contributed by atoms with van der Waals surface area (Å²) in [5.74, 6) is 0.0587. The maximum atomic E-state index is 12.1. The van der Waals surface area contributed by atoms with E-state index in [0.29, 0.717) is 24.6 Å². The molecule has 0 spiro atoms. The van der Waals surface area contributed by atoms with Gasteiger partial charge in [-0.2, -0.15) is 0 Å². The highest BCUT2D eigenvalue weighted by Gasteiger charge is 2.36. The minimum atomic E-state index is 0.0587. The largest absolute Gasteiger partial charge is 0.370 e. The molecule has 1 amide bonds. The van der Waals surface area contributed by atoms with E-state index < -0.39 is 0 Å². The number of carbonyl (C=O) groups is 1. The molecule has 0 saturated carbocycles. The number of likely N-dealkylation sites (tertiary alicyclic amines) is 1. The minimum absolute atomic E-state index is 0.0587. The monoisotopic (exact) mass is 375 g/mol. The van der Waals surface area contributed by atoms with E-state index in [-0.39, 0.29) is 18.1 Å². The summed E-state index contributed by atoms with van der Waals surface area (Å²) in [4.78, 5) is 14.5. The van der Waals surface area contributed by atoms with Crippen LogP contribution < -0.4 is 5.32 Å². The first-order chi connectivity index (χ1) is 12.7. The topological polar surface area (TPSA) is 72.3 Å². The van der Waals surface area contributed by atoms with Crippen LogP contribution >= 0.6 is 11.6 Å². The molecule has 3 heterocycles. The smallest absolute Gasteiger partial charge is 0.221 e. The van der Waals surface area contributed by atoms with Crippen molar-refractivity contribution >= 4 is 17.5 Å². The van der Waals surface area contributed by atoms with E-state index in [1.165, 1.54) is 0 Å². The van der Waals surface area contributed by atoms with Crippen LogP contribution in [-0.4, -0.2) is 51.5 Å². The molecule has 0 unspecified atom stereocenters. The average Bonchev–Trinajstić information content (AvgIpc) is 3.15. The fraction of sp³-hybridized carbons (Fsp3) is 0.500. The van der Waals surface area contributed by atoms with Crippen LogP contribution in [0.1, 0.15) is 30.1 Å². The van der Waals surface area contributed by atoms with Crippen molar-refractivity contribution in [2.24, 2.45) is 0 Å². The van der Waals surface area contributed by atoms with Gasteiger partial charge in [0.15, 0.2) is 0 Å². The summed E-state index contributed by atoms with van der Waals surface area (Å²) in [5.41, 5.74) is 2.07. The average molecular weight is 376 g/mol. The van der Waals surface area contributed by atoms with Crippen LogP contribution in [0, 0.1) is 0 Å². The molecule has 0 bridgehead atoms. The number of halogens is 1. The van der Waals surface area contributed by atoms with Gasteiger partial charge < -0.3 is 15.0 Å². The van der Waals surface area contributed by atoms with Gasteiger partial charge in [-0.1, -0.05) is 28.9 Å². The second kappa shape index (κ2) is 7.73. The Labute approximate surface area is 157 Å². The van der Waals surface area contributed by atoms with E-state index in [1.807, 2.05) is 28.9 Å². The van der Waals surface area contributed by atoms with Gasteiger partial charge in [0.25, 0.3) is 0 Å². The summed E-state index contributed by atoms with van der Waals surface area (Å²) >= 11 is 5.87. The summed E-state index contributed by atoms with van der Waals surface area (Å²) in [5, 5.41) is 11.9. The lowest BCUT2D eigenvalue weighted by Gasteiger charge is -2.40. The second-order valence-corrected chi connectivity index (χ2v) is 7.27. The highest BCUT2D eigenvalue weighted by molar-refractivity contribution is 6.30. The Kier molecular flexibility index (Phi) is 5.19. The molecule has 8 heteroatoms. The molecule has 1 aromatic carbocycles. The summed E-state index contributed by atoms with van der Waals surface area (Å²) in [6.45, 7) is 3.62. The van der Waals surface area contributed by atoms with Crippen LogP contribution in [0.3, 0.4) is 0 Å². The SMILES string of the molecule is O=C(CCN1CC[C@@H]2OCc3cnnn3[C@@H]2C1)NCc1ccc(Cl)cc1. The number of carbonyl (C=O) groups excluding carboxylic acids is 1. The zero-order valence-electron chi connectivity index (χ0n) is 14.5. The number of aromatic nitrogens is 3. The number of amides is 1. The van der Waals surface area contributed by atoms with Gasteiger partial charge in [-0.3, -0.25) is 4.79 Å². The molecule has 138 valence electrons. The van der Waals surface area contributed by atoms with Gasteiger partial charge in [-0.05, 0) is 24.1 Å². The molecular weight excluding hydrogens is 354 g/mol. The second-order valence-electron chi connectivity index (χ2n) is 6.83. The Hall–Kier alpha value is -1.96. The van der Waals surface area contributed by atoms with Gasteiger partial charge in [0.2, 0.25) is 5.91 Å². The number of hydrogen-bond donors (Lipinski definition) is 1. The number of rotatable bonds is 5. The number of benzene rings is 1. The van der Waals surface area contributed by atoms with Crippen LogP contribution in [-0.2, 0) is 22.7 Å². The normalized spacial score (nSPS) is 22.5. The number of ether oxygens (including phenoxy) is 1. The first kappa shape index (κ1) is 17.5. The minimum Gasteiger partial charge on any atom is -0.370 e. The quantitative estimate of drug-likeness (QED) is 0.862. The van der Waals surface area contributed by atoms with Crippen molar-refractivity contribution in [3.63, 3.8) is 0 Å². The van der Waals surface area contributed by atoms with Crippen LogP contribution in [0.4, 0.5) is 0 Å². The standard InChI is InChI=1S/C18H22ClN5O2/c19-14-3-1-13(2-4-14)9-20-18(25)6-8-23-7-5-17-16(11-23)24-15(12-26-17)10-21-22-24/h1-4,10,16-17H,5-9,11-12H2,(H,20,25)/t16-,17+/m1/s1. The van der Waals surface area contributed by atoms with E-state index in [0.717, 1.165) is 37.3 Å². The molecule has 1 aromatic heterocycles. The zero-order chi connectivity index (χ0) is 17.9. The number of fused-ring (bicyclic) bond motifs is 3. The maximum absolute atomic E-state index is 12.1. The summed E-state index contributed by atoms with van der Waals surface area (Å²) in [7, 11) is 0. The molecule has 2 aliphatic heterocycles. The number of hydrogen-bond acceptors (Lipinski definition) is 5. The van der Waals surface area contributed by atoms with Crippen molar-refractivity contribution in [2.75, 3.05) is 19.6 Å². The maximum Gasteiger partial charge on any atom is 0.221 e. The van der Waals surface area contributed by atoms with E-state index >= 15 is 0 Å². The third kappa shape index (κ3) is 3.90. The molecule has 1 fully saturated rings. The van der Waals surface area contributed by atoms with Crippen molar-refractivity contribution < 1.29 is 9.53 Å². The lowest BCUT2D eigenvalue weighted by Crippen LogP contribution is -2.48. The molecule has 0 radical (unpaired) electrons. The number of nitrogens with zero attached hydrogens (tertiary/aromatic N) is 4. The zero-order valence-corrected chi connectivity index (χ0v) is 15.2. The molecule has 1 N–H and O–H groups in total. The van der Waals surface area contributed by atoms with E-state index in [4.69, 9.17) is 16.3 Å². The van der Waals surface area contributed by atoms with Crippen molar-refractivity contribution in [2.45, 2.75) is 38.1 Å². The molecule has 7 nitrogen and oxygen atoms in total. The first-order valence-electron chi connectivity index (χ1n) is 8.93. The van der Waals surface area contributed by atoms with Crippen molar-refractivity contribution in [3.05, 3.63) is 46.7 Å². The van der Waals surface area contributed by atoms with Crippen molar-refractivity contribution in [1.82, 2.24) is 25.2 Å². The van der Waals surface area contributed by atoms with Gasteiger partial charge in [0, 0.05) is 37.6 Å². The van der Waals surface area contributed by atoms with E-state index in [2.05, 4.69) is 20.5 Å². The molecule has 1 saturated heterocycles. The van der Waals surface area contributed by atoms with Crippen LogP contribution in [0.15, 0.2) is 30.5 Å². The predicted molar refractivity (Wildman–Crippen MR) is 96.6 cm³/mol. The Balaban J connectivity index is 1.25. The van der Waals surface area contributed by atoms with E-state index in [9.17, 15) is 4.79 Å². The Bertz CT molecular complexity index is 763. The fourth-order valence-electron chi connectivity index (χ4n) is 3.60. The molecular formula is C18H22ClN5O2.